The lowest BCUT2D eigenvalue weighted by molar-refractivity contribution is -0.132. The Kier molecular flexibility index (Phi) is 5.63. The standard InChI is InChI=1S/C13H17BrN2O.ClH/c1-9(15)7-13(17)16-6-5-11-10(8-16)3-2-4-12(11)14;/h2-4,9H,5-8,15H2,1H3;1H. The van der Waals surface area contributed by atoms with E-state index in [-0.39, 0.29) is 24.4 Å². The van der Waals surface area contributed by atoms with E-state index in [4.69, 9.17) is 5.73 Å². The topological polar surface area (TPSA) is 46.3 Å². The lowest BCUT2D eigenvalue weighted by Crippen LogP contribution is -2.38. The van der Waals surface area contributed by atoms with Crippen LogP contribution in [0, 0.1) is 0 Å². The van der Waals surface area contributed by atoms with Crippen LogP contribution in [0.25, 0.3) is 0 Å². The molecule has 1 aromatic carbocycles. The highest BCUT2D eigenvalue weighted by molar-refractivity contribution is 9.10. The molecule has 0 aliphatic carbocycles. The van der Waals surface area contributed by atoms with Crippen molar-refractivity contribution in [1.29, 1.82) is 0 Å². The summed E-state index contributed by atoms with van der Waals surface area (Å²) in [6.45, 7) is 3.37. The van der Waals surface area contributed by atoms with Gasteiger partial charge in [0.15, 0.2) is 0 Å². The number of nitrogens with zero attached hydrogens (tertiary/aromatic N) is 1. The molecule has 1 aliphatic rings. The van der Waals surface area contributed by atoms with E-state index in [1.807, 2.05) is 17.9 Å². The van der Waals surface area contributed by atoms with E-state index >= 15 is 0 Å². The third kappa shape index (κ3) is 3.46. The zero-order valence-corrected chi connectivity index (χ0v) is 12.8. The Morgan fingerprint density at radius 1 is 1.56 bits per heavy atom. The Hall–Kier alpha value is -0.580. The molecule has 100 valence electrons. The fourth-order valence-electron chi connectivity index (χ4n) is 2.18. The summed E-state index contributed by atoms with van der Waals surface area (Å²) in [5.41, 5.74) is 8.23. The Morgan fingerprint density at radius 3 is 2.94 bits per heavy atom. The Bertz CT molecular complexity index is 437. The highest BCUT2D eigenvalue weighted by atomic mass is 79.9. The minimum atomic E-state index is -0.0635. The molecule has 0 saturated heterocycles. The van der Waals surface area contributed by atoms with Gasteiger partial charge in [-0.05, 0) is 30.5 Å². The molecule has 0 fully saturated rings. The summed E-state index contributed by atoms with van der Waals surface area (Å²) in [6, 6.07) is 6.10. The minimum absolute atomic E-state index is 0. The predicted molar refractivity (Wildman–Crippen MR) is 78.8 cm³/mol. The largest absolute Gasteiger partial charge is 0.338 e. The molecule has 0 aromatic heterocycles. The van der Waals surface area contributed by atoms with Crippen LogP contribution < -0.4 is 5.73 Å². The summed E-state index contributed by atoms with van der Waals surface area (Å²) in [4.78, 5) is 13.8. The van der Waals surface area contributed by atoms with E-state index in [0.29, 0.717) is 13.0 Å². The number of carbonyl (C=O) groups is 1. The molecule has 1 atom stereocenters. The van der Waals surface area contributed by atoms with Gasteiger partial charge < -0.3 is 10.6 Å². The number of carbonyl (C=O) groups excluding carboxylic acids is 1. The molecule has 1 aromatic rings. The lowest BCUT2D eigenvalue weighted by Gasteiger charge is -2.30. The first-order chi connectivity index (χ1) is 8.08. The Morgan fingerprint density at radius 2 is 2.28 bits per heavy atom. The molecule has 1 amide bonds. The summed E-state index contributed by atoms with van der Waals surface area (Å²) < 4.78 is 1.15. The first kappa shape index (κ1) is 15.5. The van der Waals surface area contributed by atoms with Crippen molar-refractivity contribution in [3.05, 3.63) is 33.8 Å². The number of hydrogen-bond donors (Lipinski definition) is 1. The maximum Gasteiger partial charge on any atom is 0.224 e. The zero-order valence-electron chi connectivity index (χ0n) is 10.4. The number of benzene rings is 1. The van der Waals surface area contributed by atoms with E-state index in [1.165, 1.54) is 11.1 Å². The summed E-state index contributed by atoms with van der Waals surface area (Å²) in [5, 5.41) is 0. The smallest absolute Gasteiger partial charge is 0.224 e. The molecule has 0 radical (unpaired) electrons. The summed E-state index contributed by atoms with van der Waals surface area (Å²) in [5.74, 6) is 0.158. The highest BCUT2D eigenvalue weighted by Crippen LogP contribution is 2.26. The SMILES string of the molecule is CC(N)CC(=O)N1CCc2c(Br)cccc2C1.Cl. The second-order valence-electron chi connectivity index (χ2n) is 4.62. The molecule has 1 heterocycles. The normalized spacial score (nSPS) is 15.6. The van der Waals surface area contributed by atoms with Crippen molar-refractivity contribution in [3.63, 3.8) is 0 Å². The van der Waals surface area contributed by atoms with Crippen LogP contribution in [0.5, 0.6) is 0 Å². The van der Waals surface area contributed by atoms with Crippen LogP contribution >= 0.6 is 28.3 Å². The number of halogens is 2. The summed E-state index contributed by atoms with van der Waals surface area (Å²) in [6.07, 6.45) is 1.35. The van der Waals surface area contributed by atoms with Gasteiger partial charge in [0.1, 0.15) is 0 Å². The fourth-order valence-corrected chi connectivity index (χ4v) is 2.79. The molecule has 5 heteroatoms. The third-order valence-electron chi connectivity index (χ3n) is 3.06. The molecule has 0 saturated carbocycles. The van der Waals surface area contributed by atoms with Gasteiger partial charge in [-0.25, -0.2) is 0 Å². The van der Waals surface area contributed by atoms with Crippen molar-refractivity contribution in [3.8, 4) is 0 Å². The molecule has 2 N–H and O–H groups in total. The molecule has 2 rings (SSSR count). The van der Waals surface area contributed by atoms with Crippen LogP contribution in [0.3, 0.4) is 0 Å². The Labute approximate surface area is 122 Å². The number of hydrogen-bond acceptors (Lipinski definition) is 2. The van der Waals surface area contributed by atoms with Gasteiger partial charge >= 0.3 is 0 Å². The van der Waals surface area contributed by atoms with Gasteiger partial charge in [-0.1, -0.05) is 28.1 Å². The molecule has 1 unspecified atom stereocenters. The number of fused-ring (bicyclic) bond motifs is 1. The zero-order chi connectivity index (χ0) is 12.4. The minimum Gasteiger partial charge on any atom is -0.338 e. The van der Waals surface area contributed by atoms with Gasteiger partial charge in [-0.15, -0.1) is 12.4 Å². The van der Waals surface area contributed by atoms with Crippen molar-refractivity contribution in [2.45, 2.75) is 32.4 Å². The van der Waals surface area contributed by atoms with Crippen LogP contribution in [-0.2, 0) is 17.8 Å². The fraction of sp³-hybridized carbons (Fsp3) is 0.462. The molecule has 0 spiro atoms. The van der Waals surface area contributed by atoms with Gasteiger partial charge in [-0.2, -0.15) is 0 Å². The van der Waals surface area contributed by atoms with Crippen molar-refractivity contribution in [1.82, 2.24) is 4.90 Å². The van der Waals surface area contributed by atoms with Crippen LogP contribution in [0.4, 0.5) is 0 Å². The summed E-state index contributed by atoms with van der Waals surface area (Å²) in [7, 11) is 0. The van der Waals surface area contributed by atoms with Gasteiger partial charge in [-0.3, -0.25) is 4.79 Å². The van der Waals surface area contributed by atoms with Gasteiger partial charge in [0, 0.05) is 30.0 Å². The van der Waals surface area contributed by atoms with Crippen molar-refractivity contribution < 1.29 is 4.79 Å². The lowest BCUT2D eigenvalue weighted by atomic mass is 9.99. The van der Waals surface area contributed by atoms with Crippen molar-refractivity contribution >= 4 is 34.2 Å². The maximum atomic E-state index is 11.9. The van der Waals surface area contributed by atoms with E-state index in [0.717, 1.165) is 17.4 Å². The second-order valence-corrected chi connectivity index (χ2v) is 5.48. The van der Waals surface area contributed by atoms with E-state index in [2.05, 4.69) is 28.1 Å². The number of amides is 1. The van der Waals surface area contributed by atoms with E-state index < -0.39 is 0 Å². The highest BCUT2D eigenvalue weighted by Gasteiger charge is 2.22. The van der Waals surface area contributed by atoms with Gasteiger partial charge in [0.05, 0.1) is 0 Å². The average Bonchev–Trinajstić information content (AvgIpc) is 2.28. The number of rotatable bonds is 2. The first-order valence-electron chi connectivity index (χ1n) is 5.87. The monoisotopic (exact) mass is 332 g/mol. The van der Waals surface area contributed by atoms with Crippen LogP contribution in [-0.4, -0.2) is 23.4 Å². The van der Waals surface area contributed by atoms with Crippen LogP contribution in [0.15, 0.2) is 22.7 Å². The molecule has 0 bridgehead atoms. The molecule has 18 heavy (non-hydrogen) atoms. The third-order valence-corrected chi connectivity index (χ3v) is 3.80. The van der Waals surface area contributed by atoms with Crippen LogP contribution in [0.2, 0.25) is 0 Å². The summed E-state index contributed by atoms with van der Waals surface area (Å²) >= 11 is 3.56. The second kappa shape index (κ2) is 6.55. The van der Waals surface area contributed by atoms with E-state index in [9.17, 15) is 4.79 Å². The first-order valence-corrected chi connectivity index (χ1v) is 6.67. The molecular weight excluding hydrogens is 316 g/mol. The molecule has 1 aliphatic heterocycles. The average molecular weight is 334 g/mol. The molecular formula is C13H18BrClN2O. The van der Waals surface area contributed by atoms with Gasteiger partial charge in [0.2, 0.25) is 5.91 Å². The van der Waals surface area contributed by atoms with Crippen molar-refractivity contribution in [2.75, 3.05) is 6.54 Å². The van der Waals surface area contributed by atoms with E-state index in [1.54, 1.807) is 0 Å². The quantitative estimate of drug-likeness (QED) is 0.904. The maximum absolute atomic E-state index is 11.9. The number of nitrogens with two attached hydrogens (primary N) is 1. The predicted octanol–water partition coefficient (Wildman–Crippen LogP) is 2.49. The van der Waals surface area contributed by atoms with Crippen molar-refractivity contribution in [2.24, 2.45) is 5.73 Å². The Balaban J connectivity index is 0.00000162. The van der Waals surface area contributed by atoms with Gasteiger partial charge in [0.25, 0.3) is 0 Å². The molecule has 3 nitrogen and oxygen atoms in total. The van der Waals surface area contributed by atoms with Crippen LogP contribution in [0.1, 0.15) is 24.5 Å².